The number of carbonyl (C=O) groups excluding carboxylic acids is 2. The van der Waals surface area contributed by atoms with Gasteiger partial charge in [-0.15, -0.1) is 11.3 Å². The number of likely N-dealkylation sites (tertiary alicyclic amines) is 1. The van der Waals surface area contributed by atoms with E-state index in [1.54, 1.807) is 35.0 Å². The van der Waals surface area contributed by atoms with Gasteiger partial charge in [-0.3, -0.25) is 10.1 Å². The van der Waals surface area contributed by atoms with Crippen LogP contribution >= 0.6 is 23.1 Å². The van der Waals surface area contributed by atoms with Crippen LogP contribution in [0.25, 0.3) is 10.2 Å². The maximum absolute atomic E-state index is 13.0. The van der Waals surface area contributed by atoms with Crippen molar-refractivity contribution >= 4 is 51.2 Å². The molecule has 37 heavy (non-hydrogen) atoms. The standard InChI is InChI=1S/C27H30N6O2S2/c1-31-23-22(24(34)30-26(31)35)33(15-16-36-27-28-20-9-5-6-10-21(20)37-27)25(29-23)32-13-11-19(12-14-32)17-18-7-3-2-4-8-18/h2-10,19,22-23H,11-17H2,1H3,(H,30,34,35). The fourth-order valence-corrected chi connectivity index (χ4v) is 7.52. The predicted octanol–water partition coefficient (Wildman–Crippen LogP) is 3.89. The normalized spacial score (nSPS) is 22.4. The number of carbonyl (C=O) groups is 2. The Hall–Kier alpha value is -3.11. The second-order valence-corrected chi connectivity index (χ2v) is 12.2. The Morgan fingerprint density at radius 1 is 1.05 bits per heavy atom. The number of fused-ring (bicyclic) bond motifs is 2. The summed E-state index contributed by atoms with van der Waals surface area (Å²) < 4.78 is 2.20. The maximum atomic E-state index is 13.0. The molecule has 0 aliphatic carbocycles. The summed E-state index contributed by atoms with van der Waals surface area (Å²) in [6, 6.07) is 17.9. The molecule has 0 bridgehead atoms. The van der Waals surface area contributed by atoms with E-state index in [2.05, 4.69) is 51.5 Å². The molecule has 6 rings (SSSR count). The van der Waals surface area contributed by atoms with Gasteiger partial charge in [0.1, 0.15) is 0 Å². The van der Waals surface area contributed by atoms with E-state index in [9.17, 15) is 9.59 Å². The number of guanidine groups is 1. The molecule has 3 aliphatic rings. The molecule has 2 fully saturated rings. The van der Waals surface area contributed by atoms with Crippen molar-refractivity contribution in [1.82, 2.24) is 25.0 Å². The molecule has 10 heteroatoms. The zero-order valence-corrected chi connectivity index (χ0v) is 22.4. The number of imide groups is 1. The van der Waals surface area contributed by atoms with Crippen LogP contribution in [0.15, 0.2) is 63.9 Å². The Labute approximate surface area is 224 Å². The van der Waals surface area contributed by atoms with Gasteiger partial charge in [0.25, 0.3) is 5.91 Å². The Morgan fingerprint density at radius 3 is 2.59 bits per heavy atom. The topological polar surface area (TPSA) is 81.1 Å². The first-order valence-electron chi connectivity index (χ1n) is 12.8. The Morgan fingerprint density at radius 2 is 1.81 bits per heavy atom. The molecule has 0 radical (unpaired) electrons. The van der Waals surface area contributed by atoms with E-state index in [1.807, 2.05) is 18.2 Å². The molecule has 1 N–H and O–H groups in total. The summed E-state index contributed by atoms with van der Waals surface area (Å²) in [5.41, 5.74) is 2.40. The zero-order valence-electron chi connectivity index (χ0n) is 20.7. The lowest BCUT2D eigenvalue weighted by atomic mass is 9.90. The minimum Gasteiger partial charge on any atom is -0.343 e. The molecule has 3 aliphatic heterocycles. The first-order chi connectivity index (χ1) is 18.1. The number of rotatable bonds is 6. The van der Waals surface area contributed by atoms with E-state index < -0.39 is 12.2 Å². The highest BCUT2D eigenvalue weighted by Gasteiger charge is 2.49. The number of aromatic nitrogens is 1. The fourth-order valence-electron chi connectivity index (χ4n) is 5.44. The third kappa shape index (κ3) is 4.92. The van der Waals surface area contributed by atoms with Crippen molar-refractivity contribution in [2.45, 2.75) is 35.8 Å². The molecule has 8 nitrogen and oxygen atoms in total. The Balaban J connectivity index is 1.15. The molecular formula is C27H30N6O2S2. The summed E-state index contributed by atoms with van der Waals surface area (Å²) >= 11 is 3.40. The molecule has 4 heterocycles. The van der Waals surface area contributed by atoms with Gasteiger partial charge in [-0.2, -0.15) is 0 Å². The molecule has 2 unspecified atom stereocenters. The number of hydrogen-bond donors (Lipinski definition) is 1. The quantitative estimate of drug-likeness (QED) is 0.484. The van der Waals surface area contributed by atoms with Gasteiger partial charge >= 0.3 is 6.03 Å². The second-order valence-electron chi connectivity index (χ2n) is 9.80. The Bertz CT molecular complexity index is 1290. The van der Waals surface area contributed by atoms with Gasteiger partial charge in [0.05, 0.1) is 10.2 Å². The van der Waals surface area contributed by atoms with Gasteiger partial charge in [-0.25, -0.2) is 14.8 Å². The van der Waals surface area contributed by atoms with Crippen LogP contribution in [0.2, 0.25) is 0 Å². The van der Waals surface area contributed by atoms with Gasteiger partial charge in [-0.05, 0) is 42.9 Å². The average Bonchev–Trinajstić information content (AvgIpc) is 3.50. The monoisotopic (exact) mass is 534 g/mol. The number of nitrogens with zero attached hydrogens (tertiary/aromatic N) is 5. The highest BCUT2D eigenvalue weighted by molar-refractivity contribution is 8.01. The van der Waals surface area contributed by atoms with E-state index in [4.69, 9.17) is 9.98 Å². The number of urea groups is 1. The molecule has 192 valence electrons. The number of likely N-dealkylation sites (N-methyl/N-ethyl adjacent to an activating group) is 1. The van der Waals surface area contributed by atoms with Crippen LogP contribution in [0, 0.1) is 5.92 Å². The molecule has 3 aromatic rings. The SMILES string of the molecule is CN1C(=O)NC(=O)C2C1N=C(N1CCC(Cc3ccccc3)CC1)N2CCSc1nc2ccccc2s1. The number of benzene rings is 2. The first kappa shape index (κ1) is 24.2. The lowest BCUT2D eigenvalue weighted by molar-refractivity contribution is -0.127. The van der Waals surface area contributed by atoms with Crippen LogP contribution in [0.1, 0.15) is 18.4 Å². The van der Waals surface area contributed by atoms with Crippen LogP contribution in [-0.2, 0) is 11.2 Å². The number of amides is 3. The van der Waals surface area contributed by atoms with E-state index in [0.29, 0.717) is 12.5 Å². The van der Waals surface area contributed by atoms with Crippen LogP contribution < -0.4 is 5.32 Å². The van der Waals surface area contributed by atoms with Crippen molar-refractivity contribution in [2.75, 3.05) is 32.4 Å². The zero-order chi connectivity index (χ0) is 25.4. The first-order valence-corrected chi connectivity index (χ1v) is 14.6. The van der Waals surface area contributed by atoms with Crippen molar-refractivity contribution in [3.05, 3.63) is 60.2 Å². The van der Waals surface area contributed by atoms with Crippen LogP contribution in [0.3, 0.4) is 0 Å². The maximum Gasteiger partial charge on any atom is 0.325 e. The minimum absolute atomic E-state index is 0.268. The summed E-state index contributed by atoms with van der Waals surface area (Å²) in [4.78, 5) is 41.0. The summed E-state index contributed by atoms with van der Waals surface area (Å²) in [6.45, 7) is 2.45. The predicted molar refractivity (Wildman–Crippen MR) is 148 cm³/mol. The summed E-state index contributed by atoms with van der Waals surface area (Å²) in [5, 5.41) is 2.51. The molecular weight excluding hydrogens is 504 g/mol. The lowest BCUT2D eigenvalue weighted by Crippen LogP contribution is -2.64. The molecule has 0 spiro atoms. The molecule has 2 saturated heterocycles. The number of aliphatic imine (C=N–C) groups is 1. The molecule has 0 saturated carbocycles. The number of para-hydroxylation sites is 1. The lowest BCUT2D eigenvalue weighted by Gasteiger charge is -2.39. The van der Waals surface area contributed by atoms with Crippen LogP contribution in [0.4, 0.5) is 4.79 Å². The minimum atomic E-state index is -0.504. The van der Waals surface area contributed by atoms with Gasteiger partial charge in [0, 0.05) is 32.4 Å². The van der Waals surface area contributed by atoms with Crippen molar-refractivity contribution in [3.8, 4) is 0 Å². The highest BCUT2D eigenvalue weighted by Crippen LogP contribution is 2.32. The number of hydrogen-bond acceptors (Lipinski definition) is 8. The van der Waals surface area contributed by atoms with E-state index in [1.165, 1.54) is 10.3 Å². The van der Waals surface area contributed by atoms with Gasteiger partial charge in [0.2, 0.25) is 0 Å². The molecule has 2 atom stereocenters. The average molecular weight is 535 g/mol. The molecule has 3 amide bonds. The summed E-state index contributed by atoms with van der Waals surface area (Å²) in [5.74, 6) is 1.99. The number of nitrogens with one attached hydrogen (secondary N) is 1. The third-order valence-corrected chi connectivity index (χ3v) is 9.59. The fraction of sp³-hybridized carbons (Fsp3) is 0.407. The molecule has 2 aromatic carbocycles. The third-order valence-electron chi connectivity index (χ3n) is 7.44. The number of thiazole rings is 1. The number of piperidine rings is 1. The Kier molecular flexibility index (Phi) is 6.77. The van der Waals surface area contributed by atoms with E-state index >= 15 is 0 Å². The van der Waals surface area contributed by atoms with Crippen molar-refractivity contribution in [2.24, 2.45) is 10.9 Å². The van der Waals surface area contributed by atoms with Crippen molar-refractivity contribution in [1.29, 1.82) is 0 Å². The summed E-state index contributed by atoms with van der Waals surface area (Å²) in [6.07, 6.45) is 2.76. The van der Waals surface area contributed by atoms with Crippen LogP contribution in [-0.4, -0.2) is 82.2 Å². The highest BCUT2D eigenvalue weighted by atomic mass is 32.2. The van der Waals surface area contributed by atoms with Gasteiger partial charge in [0.15, 0.2) is 22.5 Å². The van der Waals surface area contributed by atoms with Crippen molar-refractivity contribution < 1.29 is 9.59 Å². The van der Waals surface area contributed by atoms with Gasteiger partial charge in [-0.1, -0.05) is 54.2 Å². The number of thioether (sulfide) groups is 1. The van der Waals surface area contributed by atoms with Gasteiger partial charge < -0.3 is 14.7 Å². The second kappa shape index (κ2) is 10.3. The van der Waals surface area contributed by atoms with E-state index in [0.717, 1.165) is 53.9 Å². The van der Waals surface area contributed by atoms with E-state index in [-0.39, 0.29) is 11.9 Å². The van der Waals surface area contributed by atoms with Crippen LogP contribution in [0.5, 0.6) is 0 Å². The smallest absolute Gasteiger partial charge is 0.325 e. The summed E-state index contributed by atoms with van der Waals surface area (Å²) in [7, 11) is 1.71. The molecule has 1 aromatic heterocycles. The van der Waals surface area contributed by atoms with Crippen molar-refractivity contribution in [3.63, 3.8) is 0 Å². The largest absolute Gasteiger partial charge is 0.343 e.